The van der Waals surface area contributed by atoms with Crippen LogP contribution in [0.5, 0.6) is 0 Å². The lowest BCUT2D eigenvalue weighted by atomic mass is 10.2. The molecule has 2 amide bonds. The molecule has 20 heavy (non-hydrogen) atoms. The molecule has 0 radical (unpaired) electrons. The molecule has 1 aromatic heterocycles. The highest BCUT2D eigenvalue weighted by atomic mass is 35.5. The monoisotopic (exact) mass is 299 g/mol. The van der Waals surface area contributed by atoms with Gasteiger partial charge in [0.25, 0.3) is 0 Å². The molecule has 1 aromatic rings. The third-order valence-corrected chi connectivity index (χ3v) is 2.57. The van der Waals surface area contributed by atoms with Crippen molar-refractivity contribution in [1.29, 1.82) is 0 Å². The molecule has 0 aliphatic carbocycles. The first-order valence-corrected chi connectivity index (χ1v) is 6.62. The lowest BCUT2D eigenvalue weighted by molar-refractivity contribution is -0.146. The summed E-state index contributed by atoms with van der Waals surface area (Å²) in [5, 5.41) is 5.16. The molecule has 0 unspecified atom stereocenters. The molecule has 0 aromatic carbocycles. The van der Waals surface area contributed by atoms with Crippen LogP contribution in [-0.4, -0.2) is 29.6 Å². The molecule has 0 aliphatic heterocycles. The normalized spacial score (nSPS) is 11.8. The van der Waals surface area contributed by atoms with Crippen molar-refractivity contribution in [3.63, 3.8) is 0 Å². The van der Waals surface area contributed by atoms with Crippen LogP contribution in [0.1, 0.15) is 20.8 Å². The highest BCUT2D eigenvalue weighted by Crippen LogP contribution is 2.16. The Hall–Kier alpha value is -1.82. The second-order valence-corrected chi connectivity index (χ2v) is 5.04. The highest BCUT2D eigenvalue weighted by molar-refractivity contribution is 6.32. The summed E-state index contributed by atoms with van der Waals surface area (Å²) in [5.41, 5.74) is 0.370. The topological polar surface area (TPSA) is 80.3 Å². The van der Waals surface area contributed by atoms with E-state index in [1.165, 1.54) is 6.20 Å². The van der Waals surface area contributed by atoms with Crippen molar-refractivity contribution in [2.75, 3.05) is 11.9 Å². The number of esters is 1. The van der Waals surface area contributed by atoms with E-state index in [-0.39, 0.29) is 11.1 Å². The predicted octanol–water partition coefficient (Wildman–Crippen LogP) is 2.44. The maximum absolute atomic E-state index is 11.7. The van der Waals surface area contributed by atoms with Gasteiger partial charge in [-0.15, -0.1) is 0 Å². The molecule has 0 saturated carbocycles. The molecule has 0 fully saturated rings. The smallest absolute Gasteiger partial charge is 0.328 e. The van der Waals surface area contributed by atoms with Gasteiger partial charge in [-0.1, -0.05) is 25.4 Å². The van der Waals surface area contributed by atoms with Crippen LogP contribution in [-0.2, 0) is 9.53 Å². The number of rotatable bonds is 5. The van der Waals surface area contributed by atoms with Gasteiger partial charge in [0.05, 0.1) is 12.3 Å². The van der Waals surface area contributed by atoms with Gasteiger partial charge < -0.3 is 15.4 Å². The van der Waals surface area contributed by atoms with Crippen molar-refractivity contribution in [3.8, 4) is 0 Å². The van der Waals surface area contributed by atoms with Crippen molar-refractivity contribution in [3.05, 3.63) is 23.5 Å². The van der Waals surface area contributed by atoms with Gasteiger partial charge in [-0.05, 0) is 25.0 Å². The molecule has 7 heteroatoms. The zero-order valence-electron chi connectivity index (χ0n) is 11.6. The Labute approximate surface area is 122 Å². The predicted molar refractivity (Wildman–Crippen MR) is 76.7 cm³/mol. The van der Waals surface area contributed by atoms with Crippen molar-refractivity contribution in [2.24, 2.45) is 5.92 Å². The summed E-state index contributed by atoms with van der Waals surface area (Å²) >= 11 is 5.81. The molecule has 6 nitrogen and oxygen atoms in total. The first-order valence-electron chi connectivity index (χ1n) is 6.24. The Bertz CT molecular complexity index is 480. The molecule has 0 saturated heterocycles. The van der Waals surface area contributed by atoms with Crippen LogP contribution >= 0.6 is 11.6 Å². The number of hydrogen-bond donors (Lipinski definition) is 2. The van der Waals surface area contributed by atoms with Gasteiger partial charge in [-0.25, -0.2) is 14.6 Å². The number of anilines is 1. The first-order chi connectivity index (χ1) is 9.40. The van der Waals surface area contributed by atoms with Crippen LogP contribution in [0.25, 0.3) is 0 Å². The second kappa shape index (κ2) is 7.69. The van der Waals surface area contributed by atoms with E-state index in [1.807, 2.05) is 13.8 Å². The van der Waals surface area contributed by atoms with E-state index in [9.17, 15) is 9.59 Å². The lowest BCUT2D eigenvalue weighted by Gasteiger charge is -2.15. The Morgan fingerprint density at radius 1 is 1.40 bits per heavy atom. The van der Waals surface area contributed by atoms with Crippen LogP contribution in [0.15, 0.2) is 18.3 Å². The molecular weight excluding hydrogens is 282 g/mol. The molecule has 2 N–H and O–H groups in total. The quantitative estimate of drug-likeness (QED) is 0.646. The van der Waals surface area contributed by atoms with Gasteiger partial charge in [0, 0.05) is 6.20 Å². The van der Waals surface area contributed by atoms with Crippen molar-refractivity contribution >= 4 is 29.3 Å². The standard InChI is InChI=1S/C13H18ClN3O3/c1-8(2)7-20-12(18)9(3)16-13(19)17-10-5-4-6-15-11(10)14/h4-6,8-9H,7H2,1-3H3,(H2,16,17,19)/t9-/m0/s1. The van der Waals surface area contributed by atoms with Crippen molar-refractivity contribution in [1.82, 2.24) is 10.3 Å². The molecular formula is C13H18ClN3O3. The summed E-state index contributed by atoms with van der Waals surface area (Å²) in [6, 6.07) is 1.96. The summed E-state index contributed by atoms with van der Waals surface area (Å²) in [5.74, 6) is -0.236. The van der Waals surface area contributed by atoms with Crippen LogP contribution < -0.4 is 10.6 Å². The number of carbonyl (C=O) groups is 2. The fraction of sp³-hybridized carbons (Fsp3) is 0.462. The van der Waals surface area contributed by atoms with Crippen LogP contribution in [0.4, 0.5) is 10.5 Å². The van der Waals surface area contributed by atoms with Crippen LogP contribution in [0, 0.1) is 5.92 Å². The molecule has 0 spiro atoms. The number of aromatic nitrogens is 1. The molecule has 1 atom stereocenters. The van der Waals surface area contributed by atoms with Gasteiger partial charge in [0.15, 0.2) is 5.15 Å². The minimum atomic E-state index is -0.746. The Balaban J connectivity index is 2.46. The molecule has 1 rings (SSSR count). The summed E-state index contributed by atoms with van der Waals surface area (Å²) in [4.78, 5) is 27.1. The largest absolute Gasteiger partial charge is 0.464 e. The third kappa shape index (κ3) is 5.44. The van der Waals surface area contributed by atoms with E-state index < -0.39 is 18.0 Å². The number of nitrogens with one attached hydrogen (secondary N) is 2. The van der Waals surface area contributed by atoms with E-state index in [0.29, 0.717) is 12.3 Å². The number of hydrogen-bond acceptors (Lipinski definition) is 4. The average molecular weight is 300 g/mol. The van der Waals surface area contributed by atoms with Gasteiger partial charge in [0.2, 0.25) is 0 Å². The SMILES string of the molecule is CC(C)COC(=O)[C@H](C)NC(=O)Nc1cccnc1Cl. The van der Waals surface area contributed by atoms with Gasteiger partial charge in [-0.3, -0.25) is 0 Å². The Kier molecular flexibility index (Phi) is 6.24. The second-order valence-electron chi connectivity index (χ2n) is 4.69. The number of nitrogens with zero attached hydrogens (tertiary/aromatic N) is 1. The Morgan fingerprint density at radius 2 is 2.10 bits per heavy atom. The number of urea groups is 1. The van der Waals surface area contributed by atoms with E-state index in [2.05, 4.69) is 15.6 Å². The summed E-state index contributed by atoms with van der Waals surface area (Å²) < 4.78 is 5.02. The zero-order chi connectivity index (χ0) is 15.1. The highest BCUT2D eigenvalue weighted by Gasteiger charge is 2.17. The maximum atomic E-state index is 11.7. The van der Waals surface area contributed by atoms with Crippen LogP contribution in [0.3, 0.4) is 0 Å². The molecule has 0 bridgehead atoms. The van der Waals surface area contributed by atoms with Crippen molar-refractivity contribution < 1.29 is 14.3 Å². The number of amides is 2. The van der Waals surface area contributed by atoms with E-state index in [1.54, 1.807) is 19.1 Å². The number of ether oxygens (including phenoxy) is 1. The fourth-order valence-corrected chi connectivity index (χ4v) is 1.43. The number of carbonyl (C=O) groups excluding carboxylic acids is 2. The Morgan fingerprint density at radius 3 is 2.70 bits per heavy atom. The molecule has 0 aliphatic rings. The zero-order valence-corrected chi connectivity index (χ0v) is 12.4. The van der Waals surface area contributed by atoms with Gasteiger partial charge in [-0.2, -0.15) is 0 Å². The van der Waals surface area contributed by atoms with Crippen LogP contribution in [0.2, 0.25) is 5.15 Å². The minimum absolute atomic E-state index is 0.178. The third-order valence-electron chi connectivity index (χ3n) is 2.27. The molecule has 110 valence electrons. The summed E-state index contributed by atoms with van der Waals surface area (Å²) in [7, 11) is 0. The lowest BCUT2D eigenvalue weighted by Crippen LogP contribution is -2.42. The van der Waals surface area contributed by atoms with Gasteiger partial charge >= 0.3 is 12.0 Å². The maximum Gasteiger partial charge on any atom is 0.328 e. The van der Waals surface area contributed by atoms with E-state index >= 15 is 0 Å². The van der Waals surface area contributed by atoms with E-state index in [0.717, 1.165) is 0 Å². The first kappa shape index (κ1) is 16.2. The van der Waals surface area contributed by atoms with E-state index in [4.69, 9.17) is 16.3 Å². The summed E-state index contributed by atoms with van der Waals surface area (Å²) in [6.07, 6.45) is 1.51. The number of halogens is 1. The summed E-state index contributed by atoms with van der Waals surface area (Å²) in [6.45, 7) is 5.74. The average Bonchev–Trinajstić information content (AvgIpc) is 2.38. The fourth-order valence-electron chi connectivity index (χ4n) is 1.27. The number of pyridine rings is 1. The van der Waals surface area contributed by atoms with Gasteiger partial charge in [0.1, 0.15) is 6.04 Å². The molecule has 1 heterocycles. The van der Waals surface area contributed by atoms with Crippen molar-refractivity contribution in [2.45, 2.75) is 26.8 Å². The minimum Gasteiger partial charge on any atom is -0.464 e.